The van der Waals surface area contributed by atoms with Gasteiger partial charge < -0.3 is 0 Å². The number of rotatable bonds is 13. The maximum absolute atomic E-state index is 2.29. The average molecular weight is 353 g/mol. The Kier molecular flexibility index (Phi) is 15.8. The number of benzene rings is 2. The molecule has 144 valence electrons. The molecule has 0 amide bonds. The maximum atomic E-state index is 2.29. The highest BCUT2D eigenvalue weighted by molar-refractivity contribution is 5.14. The summed E-state index contributed by atoms with van der Waals surface area (Å²) in [4.78, 5) is 0. The summed E-state index contributed by atoms with van der Waals surface area (Å²) in [5, 5.41) is 0. The first-order chi connectivity index (χ1) is 12.9. The van der Waals surface area contributed by atoms with Crippen LogP contribution in [-0.2, 0) is 6.42 Å². The minimum absolute atomic E-state index is 1.26. The van der Waals surface area contributed by atoms with E-state index >= 15 is 0 Å². The molecular formula is C26H40. The number of hydrogen-bond acceptors (Lipinski definition) is 0. The number of hydrogen-bond donors (Lipinski definition) is 0. The molecule has 0 heteroatoms. The van der Waals surface area contributed by atoms with E-state index in [1.54, 1.807) is 0 Å². The third-order valence-electron chi connectivity index (χ3n) is 4.83. The van der Waals surface area contributed by atoms with Crippen molar-refractivity contribution in [3.8, 4) is 0 Å². The highest BCUT2D eigenvalue weighted by atomic mass is 14.0. The van der Waals surface area contributed by atoms with E-state index in [4.69, 9.17) is 0 Å². The summed E-state index contributed by atoms with van der Waals surface area (Å²) >= 11 is 0. The predicted octanol–water partition coefficient (Wildman–Crippen LogP) is 8.62. The van der Waals surface area contributed by atoms with E-state index in [9.17, 15) is 0 Å². The van der Waals surface area contributed by atoms with Crippen LogP contribution in [0.3, 0.4) is 0 Å². The lowest BCUT2D eigenvalue weighted by Gasteiger charge is -2.03. The van der Waals surface area contributed by atoms with Crippen molar-refractivity contribution in [1.29, 1.82) is 0 Å². The first-order valence-corrected chi connectivity index (χ1v) is 11.0. The summed E-state index contributed by atoms with van der Waals surface area (Å²) in [7, 11) is 0. The average Bonchev–Trinajstić information content (AvgIpc) is 2.71. The molecule has 2 rings (SSSR count). The molecule has 0 saturated carbocycles. The van der Waals surface area contributed by atoms with Crippen LogP contribution in [0.5, 0.6) is 0 Å². The highest BCUT2D eigenvalue weighted by Gasteiger charge is 1.94. The van der Waals surface area contributed by atoms with Crippen molar-refractivity contribution < 1.29 is 0 Å². The van der Waals surface area contributed by atoms with E-state index in [0.29, 0.717) is 0 Å². The van der Waals surface area contributed by atoms with Crippen LogP contribution >= 0.6 is 0 Å². The third kappa shape index (κ3) is 14.8. The second kappa shape index (κ2) is 18.2. The molecular weight excluding hydrogens is 312 g/mol. The zero-order chi connectivity index (χ0) is 18.5. The predicted molar refractivity (Wildman–Crippen MR) is 118 cm³/mol. The molecule has 0 spiro atoms. The lowest BCUT2D eigenvalue weighted by atomic mass is 10.0. The Balaban J connectivity index is 0.000000472. The Labute approximate surface area is 163 Å². The fourth-order valence-corrected chi connectivity index (χ4v) is 3.20. The Morgan fingerprint density at radius 2 is 0.769 bits per heavy atom. The van der Waals surface area contributed by atoms with Gasteiger partial charge in [0.25, 0.3) is 0 Å². The van der Waals surface area contributed by atoms with Crippen LogP contribution in [-0.4, -0.2) is 0 Å². The monoisotopic (exact) mass is 352 g/mol. The standard InChI is InChI=1S/C20H34.C6H6/c1-2-3-4-5-6-7-8-9-10-11-12-14-17-20-18-15-13-16-19-20;1-2-4-6-5-3-1/h13,15-16,18-19H,2-12,14,17H2,1H3;1-6H. The molecule has 0 heterocycles. The van der Waals surface area contributed by atoms with E-state index in [1.807, 2.05) is 36.4 Å². The quantitative estimate of drug-likeness (QED) is 0.316. The molecule has 0 aliphatic rings. The molecule has 0 aliphatic carbocycles. The van der Waals surface area contributed by atoms with Gasteiger partial charge in [0.2, 0.25) is 0 Å². The fraction of sp³-hybridized carbons (Fsp3) is 0.538. The molecule has 2 aromatic carbocycles. The van der Waals surface area contributed by atoms with Crippen LogP contribution in [0.4, 0.5) is 0 Å². The molecule has 26 heavy (non-hydrogen) atoms. The molecule has 0 aliphatic heterocycles. The van der Waals surface area contributed by atoms with Gasteiger partial charge in [-0.15, -0.1) is 0 Å². The van der Waals surface area contributed by atoms with Crippen LogP contribution in [0.2, 0.25) is 0 Å². The summed E-state index contributed by atoms with van der Waals surface area (Å²) < 4.78 is 0. The van der Waals surface area contributed by atoms with Crippen molar-refractivity contribution in [2.45, 2.75) is 90.4 Å². The first-order valence-electron chi connectivity index (χ1n) is 11.0. The molecule has 0 atom stereocenters. The first kappa shape index (κ1) is 22.5. The van der Waals surface area contributed by atoms with Crippen molar-refractivity contribution in [3.63, 3.8) is 0 Å². The number of aryl methyl sites for hydroxylation is 1. The summed E-state index contributed by atoms with van der Waals surface area (Å²) in [6, 6.07) is 22.9. The molecule has 0 fully saturated rings. The van der Waals surface area contributed by atoms with Crippen molar-refractivity contribution in [1.82, 2.24) is 0 Å². The minimum Gasteiger partial charge on any atom is -0.0654 e. The minimum atomic E-state index is 1.26. The van der Waals surface area contributed by atoms with E-state index in [1.165, 1.54) is 89.0 Å². The van der Waals surface area contributed by atoms with Crippen molar-refractivity contribution >= 4 is 0 Å². The second-order valence-corrected chi connectivity index (χ2v) is 7.28. The van der Waals surface area contributed by atoms with E-state index in [0.717, 1.165) is 0 Å². The topological polar surface area (TPSA) is 0 Å². The molecule has 0 nitrogen and oxygen atoms in total. The lowest BCUT2D eigenvalue weighted by molar-refractivity contribution is 0.544. The van der Waals surface area contributed by atoms with Gasteiger partial charge in [-0.1, -0.05) is 144 Å². The SMILES string of the molecule is CCCCCCCCCCCCCCc1ccccc1.c1ccccc1. The molecule has 0 bridgehead atoms. The Morgan fingerprint density at radius 1 is 0.423 bits per heavy atom. The van der Waals surface area contributed by atoms with Crippen molar-refractivity contribution in [2.75, 3.05) is 0 Å². The van der Waals surface area contributed by atoms with E-state index < -0.39 is 0 Å². The van der Waals surface area contributed by atoms with Crippen LogP contribution in [0.1, 0.15) is 89.5 Å². The van der Waals surface area contributed by atoms with Gasteiger partial charge in [0.15, 0.2) is 0 Å². The summed E-state index contributed by atoms with van der Waals surface area (Å²) in [6.45, 7) is 2.29. The van der Waals surface area contributed by atoms with Gasteiger partial charge in [0.1, 0.15) is 0 Å². The summed E-state index contributed by atoms with van der Waals surface area (Å²) in [6.07, 6.45) is 18.5. The molecule has 0 N–H and O–H groups in total. The molecule has 0 radical (unpaired) electrons. The fourth-order valence-electron chi connectivity index (χ4n) is 3.20. The van der Waals surface area contributed by atoms with Gasteiger partial charge in [-0.25, -0.2) is 0 Å². The van der Waals surface area contributed by atoms with Gasteiger partial charge in [-0.05, 0) is 18.4 Å². The van der Waals surface area contributed by atoms with Crippen LogP contribution in [0.25, 0.3) is 0 Å². The van der Waals surface area contributed by atoms with Gasteiger partial charge in [0, 0.05) is 0 Å². The van der Waals surface area contributed by atoms with Crippen LogP contribution in [0.15, 0.2) is 66.7 Å². The Morgan fingerprint density at radius 3 is 1.19 bits per heavy atom. The zero-order valence-corrected chi connectivity index (χ0v) is 17.0. The highest BCUT2D eigenvalue weighted by Crippen LogP contribution is 2.13. The van der Waals surface area contributed by atoms with Crippen LogP contribution in [0, 0.1) is 0 Å². The van der Waals surface area contributed by atoms with Crippen molar-refractivity contribution in [2.24, 2.45) is 0 Å². The summed E-state index contributed by atoms with van der Waals surface area (Å²) in [5.41, 5.74) is 1.50. The largest absolute Gasteiger partial charge is 0.0654 e. The van der Waals surface area contributed by atoms with Gasteiger partial charge in [-0.3, -0.25) is 0 Å². The van der Waals surface area contributed by atoms with Gasteiger partial charge in [0.05, 0.1) is 0 Å². The van der Waals surface area contributed by atoms with Gasteiger partial charge >= 0.3 is 0 Å². The third-order valence-corrected chi connectivity index (χ3v) is 4.83. The van der Waals surface area contributed by atoms with E-state index in [2.05, 4.69) is 37.3 Å². The van der Waals surface area contributed by atoms with Gasteiger partial charge in [-0.2, -0.15) is 0 Å². The molecule has 0 aromatic heterocycles. The second-order valence-electron chi connectivity index (χ2n) is 7.28. The Bertz CT molecular complexity index is 447. The zero-order valence-electron chi connectivity index (χ0n) is 17.0. The van der Waals surface area contributed by atoms with Crippen molar-refractivity contribution in [3.05, 3.63) is 72.3 Å². The normalized spacial score (nSPS) is 10.2. The molecule has 0 saturated heterocycles. The summed E-state index contributed by atoms with van der Waals surface area (Å²) in [5.74, 6) is 0. The smallest absolute Gasteiger partial charge is 0.0279 e. The molecule has 2 aromatic rings. The Hall–Kier alpha value is -1.56. The molecule has 0 unspecified atom stereocenters. The van der Waals surface area contributed by atoms with E-state index in [-0.39, 0.29) is 0 Å². The number of unbranched alkanes of at least 4 members (excludes halogenated alkanes) is 11. The maximum Gasteiger partial charge on any atom is -0.0279 e. The lowest BCUT2D eigenvalue weighted by Crippen LogP contribution is -1.86. The van der Waals surface area contributed by atoms with Crippen LogP contribution < -0.4 is 0 Å².